The minimum atomic E-state index is 1.08. The van der Waals surface area contributed by atoms with Crippen molar-refractivity contribution < 1.29 is 0 Å². The molecule has 0 amide bonds. The van der Waals surface area contributed by atoms with E-state index in [2.05, 4.69) is 64.7 Å². The van der Waals surface area contributed by atoms with E-state index < -0.39 is 0 Å². The van der Waals surface area contributed by atoms with Crippen LogP contribution < -0.4 is 0 Å². The number of rotatable bonds is 1. The zero-order valence-corrected chi connectivity index (χ0v) is 9.08. The van der Waals surface area contributed by atoms with Crippen molar-refractivity contribution in [3.05, 3.63) is 36.0 Å². The molecule has 0 atom stereocenters. The fourth-order valence-corrected chi connectivity index (χ4v) is 2.14. The largest absolute Gasteiger partial charge is 0.350 e. The molecule has 2 heteroatoms. The number of hydrogen-bond donors (Lipinski definition) is 0. The summed E-state index contributed by atoms with van der Waals surface area (Å²) >= 11 is 2.40. The third-order valence-electron chi connectivity index (χ3n) is 2.12. The summed E-state index contributed by atoms with van der Waals surface area (Å²) in [6, 6.07) is 8.52. The van der Waals surface area contributed by atoms with Crippen LogP contribution in [0.1, 0.15) is 5.56 Å². The van der Waals surface area contributed by atoms with Gasteiger partial charge >= 0.3 is 0 Å². The van der Waals surface area contributed by atoms with E-state index in [4.69, 9.17) is 0 Å². The van der Waals surface area contributed by atoms with Crippen molar-refractivity contribution in [3.63, 3.8) is 0 Å². The molecule has 0 spiro atoms. The van der Waals surface area contributed by atoms with Crippen LogP contribution in [0.3, 0.4) is 0 Å². The molecule has 2 rings (SSSR count). The molecule has 1 aromatic heterocycles. The molecule has 0 radical (unpaired) electrons. The molecule has 0 saturated carbocycles. The van der Waals surface area contributed by atoms with Crippen LogP contribution in [0.5, 0.6) is 0 Å². The molecule has 1 aromatic carbocycles. The van der Waals surface area contributed by atoms with Gasteiger partial charge in [-0.3, -0.25) is 0 Å². The second kappa shape index (κ2) is 3.09. The average molecular weight is 271 g/mol. The summed E-state index contributed by atoms with van der Waals surface area (Å²) in [5.74, 6) is 0. The molecule has 0 unspecified atom stereocenters. The maximum atomic E-state index is 2.40. The Hall–Kier alpha value is -0.510. The predicted octanol–water partition coefficient (Wildman–Crippen LogP) is 3.11. The van der Waals surface area contributed by atoms with Crippen LogP contribution in [0.25, 0.3) is 10.9 Å². The Labute approximate surface area is 85.5 Å². The fraction of sp³-hybridized carbons (Fsp3) is 0.200. The zero-order valence-electron chi connectivity index (χ0n) is 6.92. The van der Waals surface area contributed by atoms with Crippen LogP contribution in [0.15, 0.2) is 30.5 Å². The van der Waals surface area contributed by atoms with Gasteiger partial charge in [-0.1, -0.05) is 40.8 Å². The van der Waals surface area contributed by atoms with Gasteiger partial charge in [0.25, 0.3) is 0 Å². The maximum absolute atomic E-state index is 2.40. The van der Waals surface area contributed by atoms with E-state index in [1.807, 2.05) is 0 Å². The van der Waals surface area contributed by atoms with E-state index in [0.717, 1.165) is 4.43 Å². The quantitative estimate of drug-likeness (QED) is 0.554. The standard InChI is InChI=1S/C10H10IN/c1-12-7-8(6-11)9-4-2-3-5-10(9)12/h2-5,7H,6H2,1H3. The molecule has 12 heavy (non-hydrogen) atoms. The highest BCUT2D eigenvalue weighted by molar-refractivity contribution is 14.1. The van der Waals surface area contributed by atoms with Crippen LogP contribution in [-0.2, 0) is 11.5 Å². The van der Waals surface area contributed by atoms with E-state index in [-0.39, 0.29) is 0 Å². The Morgan fingerprint density at radius 3 is 2.83 bits per heavy atom. The molecule has 62 valence electrons. The van der Waals surface area contributed by atoms with Crippen molar-refractivity contribution in [3.8, 4) is 0 Å². The fourth-order valence-electron chi connectivity index (χ4n) is 1.53. The molecular weight excluding hydrogens is 261 g/mol. The molecule has 0 saturated heterocycles. The SMILES string of the molecule is Cn1cc(CI)c2ccccc21. The summed E-state index contributed by atoms with van der Waals surface area (Å²) < 4.78 is 3.27. The first kappa shape index (κ1) is 8.10. The summed E-state index contributed by atoms with van der Waals surface area (Å²) in [6.07, 6.45) is 2.21. The molecule has 1 heterocycles. The van der Waals surface area contributed by atoms with Crippen molar-refractivity contribution in [2.45, 2.75) is 4.43 Å². The summed E-state index contributed by atoms with van der Waals surface area (Å²) in [4.78, 5) is 0. The number of aryl methyl sites for hydroxylation is 1. The van der Waals surface area contributed by atoms with Crippen molar-refractivity contribution in [1.82, 2.24) is 4.57 Å². The lowest BCUT2D eigenvalue weighted by Crippen LogP contribution is -1.81. The number of nitrogens with zero attached hydrogens (tertiary/aromatic N) is 1. The lowest BCUT2D eigenvalue weighted by Gasteiger charge is -1.93. The van der Waals surface area contributed by atoms with Gasteiger partial charge in [-0.25, -0.2) is 0 Å². The highest BCUT2D eigenvalue weighted by Crippen LogP contribution is 2.21. The van der Waals surface area contributed by atoms with Crippen LogP contribution >= 0.6 is 22.6 Å². The maximum Gasteiger partial charge on any atom is 0.0480 e. The lowest BCUT2D eigenvalue weighted by atomic mass is 10.2. The third-order valence-corrected chi connectivity index (χ3v) is 2.95. The summed E-state index contributed by atoms with van der Waals surface area (Å²) in [7, 11) is 2.10. The zero-order chi connectivity index (χ0) is 8.55. The second-order valence-electron chi connectivity index (χ2n) is 2.92. The van der Waals surface area contributed by atoms with Crippen LogP contribution in [0.2, 0.25) is 0 Å². The monoisotopic (exact) mass is 271 g/mol. The van der Waals surface area contributed by atoms with Gasteiger partial charge in [-0.2, -0.15) is 0 Å². The minimum Gasteiger partial charge on any atom is -0.350 e. The first-order chi connectivity index (χ1) is 5.83. The Bertz CT molecular complexity index is 403. The molecule has 1 nitrogen and oxygen atoms in total. The van der Waals surface area contributed by atoms with Gasteiger partial charge in [0.2, 0.25) is 0 Å². The van der Waals surface area contributed by atoms with Gasteiger partial charge in [0, 0.05) is 28.6 Å². The molecule has 0 fully saturated rings. The molecular formula is C10H10IN. The molecule has 0 aliphatic rings. The topological polar surface area (TPSA) is 4.93 Å². The molecule has 0 aliphatic carbocycles. The summed E-state index contributed by atoms with van der Waals surface area (Å²) in [5, 5.41) is 1.38. The van der Waals surface area contributed by atoms with Gasteiger partial charge in [0.05, 0.1) is 0 Å². The molecule has 0 bridgehead atoms. The Kier molecular flexibility index (Phi) is 2.09. The van der Waals surface area contributed by atoms with Crippen molar-refractivity contribution in [2.24, 2.45) is 7.05 Å². The molecule has 2 aromatic rings. The summed E-state index contributed by atoms with van der Waals surface area (Å²) in [6.45, 7) is 0. The Morgan fingerprint density at radius 1 is 1.33 bits per heavy atom. The average Bonchev–Trinajstić information content (AvgIpc) is 2.44. The van der Waals surface area contributed by atoms with E-state index in [1.54, 1.807) is 0 Å². The van der Waals surface area contributed by atoms with Crippen molar-refractivity contribution in [2.75, 3.05) is 0 Å². The molecule has 0 N–H and O–H groups in total. The second-order valence-corrected chi connectivity index (χ2v) is 3.68. The normalized spacial score (nSPS) is 10.8. The van der Waals surface area contributed by atoms with Crippen LogP contribution in [0, 0.1) is 0 Å². The number of para-hydroxylation sites is 1. The highest BCUT2D eigenvalue weighted by atomic mass is 127. The highest BCUT2D eigenvalue weighted by Gasteiger charge is 2.02. The van der Waals surface area contributed by atoms with E-state index in [1.165, 1.54) is 16.5 Å². The van der Waals surface area contributed by atoms with Crippen molar-refractivity contribution >= 4 is 33.5 Å². The van der Waals surface area contributed by atoms with Gasteiger partial charge in [-0.15, -0.1) is 0 Å². The molecule has 0 aliphatic heterocycles. The van der Waals surface area contributed by atoms with Gasteiger partial charge < -0.3 is 4.57 Å². The number of alkyl halides is 1. The smallest absolute Gasteiger partial charge is 0.0480 e. The first-order valence-electron chi connectivity index (χ1n) is 3.92. The first-order valence-corrected chi connectivity index (χ1v) is 5.44. The number of hydrogen-bond acceptors (Lipinski definition) is 0. The Balaban J connectivity index is 2.82. The lowest BCUT2D eigenvalue weighted by molar-refractivity contribution is 0.964. The van der Waals surface area contributed by atoms with E-state index >= 15 is 0 Å². The number of halogens is 1. The minimum absolute atomic E-state index is 1.08. The number of aromatic nitrogens is 1. The van der Waals surface area contributed by atoms with Crippen molar-refractivity contribution in [1.29, 1.82) is 0 Å². The van der Waals surface area contributed by atoms with E-state index in [9.17, 15) is 0 Å². The predicted molar refractivity (Wildman–Crippen MR) is 60.6 cm³/mol. The van der Waals surface area contributed by atoms with E-state index in [0.29, 0.717) is 0 Å². The van der Waals surface area contributed by atoms with Crippen LogP contribution in [0.4, 0.5) is 0 Å². The summed E-state index contributed by atoms with van der Waals surface area (Å²) in [5.41, 5.74) is 2.75. The van der Waals surface area contributed by atoms with Gasteiger partial charge in [-0.05, 0) is 11.6 Å². The van der Waals surface area contributed by atoms with Gasteiger partial charge in [0.15, 0.2) is 0 Å². The Morgan fingerprint density at radius 2 is 2.08 bits per heavy atom. The van der Waals surface area contributed by atoms with Gasteiger partial charge in [0.1, 0.15) is 0 Å². The third kappa shape index (κ3) is 1.14. The van der Waals surface area contributed by atoms with Crippen LogP contribution in [-0.4, -0.2) is 4.57 Å². The number of fused-ring (bicyclic) bond motifs is 1. The number of benzene rings is 1.